The summed E-state index contributed by atoms with van der Waals surface area (Å²) < 4.78 is 5.91. The van der Waals surface area contributed by atoms with Crippen molar-refractivity contribution >= 4 is 16.9 Å². The van der Waals surface area contributed by atoms with Crippen molar-refractivity contribution in [1.82, 2.24) is 4.98 Å². The summed E-state index contributed by atoms with van der Waals surface area (Å²) in [4.78, 5) is 14.7. The van der Waals surface area contributed by atoms with Gasteiger partial charge in [0.2, 0.25) is 0 Å². The number of benzene rings is 1. The zero-order valence-corrected chi connectivity index (χ0v) is 11.8. The van der Waals surface area contributed by atoms with Crippen LogP contribution in [0, 0.1) is 6.92 Å². The maximum absolute atomic E-state index is 11.2. The Balaban J connectivity index is 2.24. The van der Waals surface area contributed by atoms with Crippen LogP contribution in [-0.2, 0) is 21.6 Å². The molecule has 106 valence electrons. The highest BCUT2D eigenvalue weighted by molar-refractivity contribution is 5.88. The van der Waals surface area contributed by atoms with Gasteiger partial charge in [-0.1, -0.05) is 25.1 Å². The molecule has 4 heteroatoms. The number of nitrogens with one attached hydrogen (secondary N) is 1. The van der Waals surface area contributed by atoms with Crippen LogP contribution in [0.5, 0.6) is 0 Å². The number of aryl methyl sites for hydroxylation is 1. The summed E-state index contributed by atoms with van der Waals surface area (Å²) in [6.07, 6.45) is 1.49. The molecule has 0 saturated carbocycles. The fourth-order valence-electron chi connectivity index (χ4n) is 3.28. The monoisotopic (exact) mass is 273 g/mol. The van der Waals surface area contributed by atoms with Crippen LogP contribution < -0.4 is 0 Å². The first-order valence-electron chi connectivity index (χ1n) is 7.04. The normalized spacial score (nSPS) is 21.9. The van der Waals surface area contributed by atoms with Crippen LogP contribution in [0.4, 0.5) is 0 Å². The van der Waals surface area contributed by atoms with Gasteiger partial charge in [0.15, 0.2) is 0 Å². The average molecular weight is 273 g/mol. The Labute approximate surface area is 117 Å². The molecule has 0 bridgehead atoms. The van der Waals surface area contributed by atoms with Crippen molar-refractivity contribution in [2.24, 2.45) is 0 Å². The Hall–Kier alpha value is -1.81. The number of aromatic amines is 1. The van der Waals surface area contributed by atoms with Crippen LogP contribution in [0.15, 0.2) is 18.2 Å². The number of H-pyrrole nitrogens is 1. The van der Waals surface area contributed by atoms with Crippen molar-refractivity contribution in [3.05, 3.63) is 35.0 Å². The predicted octanol–water partition coefficient (Wildman–Crippen LogP) is 3.13. The van der Waals surface area contributed by atoms with E-state index in [1.165, 1.54) is 16.5 Å². The first-order chi connectivity index (χ1) is 9.57. The highest BCUT2D eigenvalue weighted by Gasteiger charge is 2.40. The molecular formula is C16H19NO3. The lowest BCUT2D eigenvalue weighted by Crippen LogP contribution is -2.37. The van der Waals surface area contributed by atoms with E-state index in [2.05, 4.69) is 24.0 Å². The maximum atomic E-state index is 11.2. The Bertz CT molecular complexity index is 674. The molecule has 2 heterocycles. The quantitative estimate of drug-likeness (QED) is 0.903. The van der Waals surface area contributed by atoms with E-state index in [1.54, 1.807) is 0 Å². The second kappa shape index (κ2) is 4.63. The number of aliphatic carboxylic acids is 1. The number of hydrogen-bond donors (Lipinski definition) is 2. The van der Waals surface area contributed by atoms with Gasteiger partial charge >= 0.3 is 5.97 Å². The van der Waals surface area contributed by atoms with Crippen molar-refractivity contribution in [1.29, 1.82) is 0 Å². The third-order valence-corrected chi connectivity index (χ3v) is 4.34. The van der Waals surface area contributed by atoms with Gasteiger partial charge in [-0.15, -0.1) is 0 Å². The van der Waals surface area contributed by atoms with Gasteiger partial charge in [0.05, 0.1) is 18.7 Å². The Kier molecular flexibility index (Phi) is 3.05. The van der Waals surface area contributed by atoms with Crippen molar-refractivity contribution in [3.8, 4) is 0 Å². The molecule has 3 rings (SSSR count). The van der Waals surface area contributed by atoms with E-state index in [1.807, 2.05) is 13.0 Å². The molecule has 0 radical (unpaired) electrons. The molecule has 0 aliphatic carbocycles. The smallest absolute Gasteiger partial charge is 0.306 e. The summed E-state index contributed by atoms with van der Waals surface area (Å²) in [5.41, 5.74) is 3.74. The summed E-state index contributed by atoms with van der Waals surface area (Å²) in [6, 6.07) is 6.21. The van der Waals surface area contributed by atoms with Gasteiger partial charge in [-0.25, -0.2) is 0 Å². The van der Waals surface area contributed by atoms with Gasteiger partial charge < -0.3 is 14.8 Å². The third kappa shape index (κ3) is 1.83. The number of hydrogen-bond acceptors (Lipinski definition) is 2. The standard InChI is InChI=1S/C16H19NO3/c1-3-16(9-13(18)19)15-12(7-8-20-16)11-6-4-5-10(2)14(11)17-15/h4-6,17H,3,7-9H2,1-2H3,(H,18,19)/t16-/m0/s1. The molecule has 0 unspecified atom stereocenters. The molecule has 1 aliphatic rings. The lowest BCUT2D eigenvalue weighted by Gasteiger charge is -2.35. The molecule has 1 atom stereocenters. The number of para-hydroxylation sites is 1. The highest BCUT2D eigenvalue weighted by Crippen LogP contribution is 2.41. The van der Waals surface area contributed by atoms with Gasteiger partial charge in [0.25, 0.3) is 0 Å². The van der Waals surface area contributed by atoms with Crippen molar-refractivity contribution in [3.63, 3.8) is 0 Å². The zero-order valence-electron chi connectivity index (χ0n) is 11.8. The van der Waals surface area contributed by atoms with Crippen LogP contribution in [0.2, 0.25) is 0 Å². The van der Waals surface area contributed by atoms with Crippen molar-refractivity contribution < 1.29 is 14.6 Å². The summed E-state index contributed by atoms with van der Waals surface area (Å²) in [7, 11) is 0. The zero-order chi connectivity index (χ0) is 14.3. The molecule has 0 amide bonds. The Morgan fingerprint density at radius 3 is 3.00 bits per heavy atom. The first kappa shape index (κ1) is 13.2. The molecule has 0 fully saturated rings. The fourth-order valence-corrected chi connectivity index (χ4v) is 3.28. The molecule has 0 spiro atoms. The van der Waals surface area contributed by atoms with Gasteiger partial charge in [0.1, 0.15) is 5.60 Å². The topological polar surface area (TPSA) is 62.3 Å². The number of aromatic nitrogens is 1. The number of carboxylic acid groups (broad SMARTS) is 1. The molecular weight excluding hydrogens is 254 g/mol. The summed E-state index contributed by atoms with van der Waals surface area (Å²) in [6.45, 7) is 4.63. The summed E-state index contributed by atoms with van der Waals surface area (Å²) in [5.74, 6) is -0.824. The van der Waals surface area contributed by atoms with Crippen LogP contribution in [0.25, 0.3) is 10.9 Å². The number of carboxylic acids is 1. The second-order valence-electron chi connectivity index (χ2n) is 5.49. The minimum Gasteiger partial charge on any atom is -0.481 e. The number of carbonyl (C=O) groups is 1. The predicted molar refractivity (Wildman–Crippen MR) is 76.9 cm³/mol. The minimum atomic E-state index is -0.824. The number of fused-ring (bicyclic) bond motifs is 3. The molecule has 2 N–H and O–H groups in total. The number of rotatable bonds is 3. The van der Waals surface area contributed by atoms with E-state index < -0.39 is 11.6 Å². The molecule has 0 saturated heterocycles. The van der Waals surface area contributed by atoms with Crippen molar-refractivity contribution in [2.45, 2.75) is 38.7 Å². The van der Waals surface area contributed by atoms with Crippen LogP contribution in [-0.4, -0.2) is 22.7 Å². The maximum Gasteiger partial charge on any atom is 0.306 e. The van der Waals surface area contributed by atoms with E-state index in [0.717, 1.165) is 17.6 Å². The van der Waals surface area contributed by atoms with Crippen LogP contribution >= 0.6 is 0 Å². The van der Waals surface area contributed by atoms with E-state index in [-0.39, 0.29) is 6.42 Å². The van der Waals surface area contributed by atoms with E-state index in [0.29, 0.717) is 13.0 Å². The fraction of sp³-hybridized carbons (Fsp3) is 0.438. The van der Waals surface area contributed by atoms with Crippen LogP contribution in [0.3, 0.4) is 0 Å². The average Bonchev–Trinajstić information content (AvgIpc) is 2.80. The minimum absolute atomic E-state index is 0.00235. The van der Waals surface area contributed by atoms with Gasteiger partial charge in [0, 0.05) is 10.9 Å². The van der Waals surface area contributed by atoms with Crippen molar-refractivity contribution in [2.75, 3.05) is 6.61 Å². The lowest BCUT2D eigenvalue weighted by atomic mass is 9.86. The number of ether oxygens (including phenoxy) is 1. The van der Waals surface area contributed by atoms with E-state index >= 15 is 0 Å². The van der Waals surface area contributed by atoms with E-state index in [9.17, 15) is 9.90 Å². The van der Waals surface area contributed by atoms with Gasteiger partial charge in [-0.3, -0.25) is 4.79 Å². The summed E-state index contributed by atoms with van der Waals surface area (Å²) >= 11 is 0. The third-order valence-electron chi connectivity index (χ3n) is 4.34. The van der Waals surface area contributed by atoms with Gasteiger partial charge in [-0.2, -0.15) is 0 Å². The largest absolute Gasteiger partial charge is 0.481 e. The van der Waals surface area contributed by atoms with Crippen LogP contribution in [0.1, 0.15) is 36.6 Å². The first-order valence-corrected chi connectivity index (χ1v) is 7.04. The van der Waals surface area contributed by atoms with E-state index in [4.69, 9.17) is 4.74 Å². The molecule has 20 heavy (non-hydrogen) atoms. The SMILES string of the molecule is CC[C@@]1(CC(=O)O)OCCc2c1[nH]c1c(C)cccc21. The second-order valence-corrected chi connectivity index (χ2v) is 5.49. The molecule has 2 aromatic rings. The Morgan fingerprint density at radius 1 is 1.50 bits per heavy atom. The molecule has 4 nitrogen and oxygen atoms in total. The molecule has 1 aliphatic heterocycles. The van der Waals surface area contributed by atoms with Gasteiger partial charge in [-0.05, 0) is 30.9 Å². The molecule has 1 aromatic heterocycles. The Morgan fingerprint density at radius 2 is 2.30 bits per heavy atom. The molecule has 1 aromatic carbocycles. The summed E-state index contributed by atoms with van der Waals surface area (Å²) in [5, 5.41) is 10.4. The highest BCUT2D eigenvalue weighted by atomic mass is 16.5. The lowest BCUT2D eigenvalue weighted by molar-refractivity contribution is -0.148.